The first kappa shape index (κ1) is 28.5. The van der Waals surface area contributed by atoms with Gasteiger partial charge in [-0.2, -0.15) is 0 Å². The Balaban J connectivity index is 1.17. The van der Waals surface area contributed by atoms with Gasteiger partial charge in [-0.15, -0.1) is 0 Å². The number of aromatic nitrogens is 5. The molecule has 0 N–H and O–H groups in total. The number of para-hydroxylation sites is 1. The van der Waals surface area contributed by atoms with Gasteiger partial charge in [-0.3, -0.25) is 9.38 Å². The molecule has 5 heteroatoms. The van der Waals surface area contributed by atoms with Crippen molar-refractivity contribution in [1.82, 2.24) is 24.3 Å². The fraction of sp³-hybridized carbons (Fsp3) is 0. The standard InChI is InChI=1S/C44H29N5/c1-3-11-30(12-4-1)31-18-20-32(21-19-31)38-29-39(47-44(46-38)36-14-5-2-6-15-36)33-22-24-35(25-23-33)43-42(37-16-9-10-28-45-37)48-41-27-26-34-13-7-8-17-40(34)49(41)43/h1-29H. The summed E-state index contributed by atoms with van der Waals surface area (Å²) in [6, 6.07) is 58.4. The monoisotopic (exact) mass is 627 g/mol. The summed E-state index contributed by atoms with van der Waals surface area (Å²) in [5.74, 6) is 0.690. The van der Waals surface area contributed by atoms with Crippen molar-refractivity contribution in [3.63, 3.8) is 0 Å². The van der Waals surface area contributed by atoms with Crippen molar-refractivity contribution in [2.24, 2.45) is 0 Å². The van der Waals surface area contributed by atoms with Crippen molar-refractivity contribution in [3.8, 4) is 67.7 Å². The number of hydrogen-bond acceptors (Lipinski definition) is 4. The fourth-order valence-electron chi connectivity index (χ4n) is 6.46. The van der Waals surface area contributed by atoms with Crippen molar-refractivity contribution in [1.29, 1.82) is 0 Å². The number of imidazole rings is 1. The maximum atomic E-state index is 5.09. The van der Waals surface area contributed by atoms with Gasteiger partial charge in [0, 0.05) is 28.5 Å². The summed E-state index contributed by atoms with van der Waals surface area (Å²) >= 11 is 0. The highest BCUT2D eigenvalue weighted by Gasteiger charge is 2.19. The van der Waals surface area contributed by atoms with Crippen LogP contribution in [0.15, 0.2) is 176 Å². The Kier molecular flexibility index (Phi) is 7.06. The molecule has 0 spiro atoms. The lowest BCUT2D eigenvalue weighted by Gasteiger charge is -2.12. The maximum absolute atomic E-state index is 5.09. The summed E-state index contributed by atoms with van der Waals surface area (Å²) in [7, 11) is 0. The number of fused-ring (bicyclic) bond motifs is 3. The zero-order chi connectivity index (χ0) is 32.6. The zero-order valence-corrected chi connectivity index (χ0v) is 26.5. The van der Waals surface area contributed by atoms with Crippen LogP contribution >= 0.6 is 0 Å². The second-order valence-corrected chi connectivity index (χ2v) is 12.0. The lowest BCUT2D eigenvalue weighted by atomic mass is 10.0. The molecular weight excluding hydrogens is 599 g/mol. The smallest absolute Gasteiger partial charge is 0.160 e. The van der Waals surface area contributed by atoms with Gasteiger partial charge in [-0.1, -0.05) is 133 Å². The fourth-order valence-corrected chi connectivity index (χ4v) is 6.46. The molecule has 5 aromatic carbocycles. The van der Waals surface area contributed by atoms with E-state index in [1.165, 1.54) is 11.1 Å². The molecule has 5 nitrogen and oxygen atoms in total. The molecule has 0 bridgehead atoms. The molecule has 0 saturated carbocycles. The highest BCUT2D eigenvalue weighted by molar-refractivity contribution is 5.90. The quantitative estimate of drug-likeness (QED) is 0.184. The normalized spacial score (nSPS) is 11.3. The number of hydrogen-bond donors (Lipinski definition) is 0. The van der Waals surface area contributed by atoms with Crippen molar-refractivity contribution in [2.75, 3.05) is 0 Å². The number of rotatable bonds is 6. The highest BCUT2D eigenvalue weighted by atomic mass is 15.0. The van der Waals surface area contributed by atoms with E-state index in [-0.39, 0.29) is 0 Å². The van der Waals surface area contributed by atoms with Crippen molar-refractivity contribution in [3.05, 3.63) is 176 Å². The van der Waals surface area contributed by atoms with E-state index in [0.29, 0.717) is 5.82 Å². The average Bonchev–Trinajstić information content (AvgIpc) is 3.59. The third kappa shape index (κ3) is 5.33. The molecule has 4 heterocycles. The van der Waals surface area contributed by atoms with Gasteiger partial charge in [0.15, 0.2) is 5.82 Å². The van der Waals surface area contributed by atoms with Crippen molar-refractivity contribution < 1.29 is 0 Å². The summed E-state index contributed by atoms with van der Waals surface area (Å²) in [6.07, 6.45) is 1.82. The number of pyridine rings is 2. The van der Waals surface area contributed by atoms with Crippen LogP contribution in [0.2, 0.25) is 0 Å². The van der Waals surface area contributed by atoms with Crippen LogP contribution in [0.4, 0.5) is 0 Å². The van der Waals surface area contributed by atoms with E-state index in [1.54, 1.807) is 0 Å². The molecule has 0 saturated heterocycles. The number of nitrogens with zero attached hydrogens (tertiary/aromatic N) is 5. The molecule has 49 heavy (non-hydrogen) atoms. The van der Waals surface area contributed by atoms with Gasteiger partial charge in [-0.05, 0) is 52.9 Å². The summed E-state index contributed by atoms with van der Waals surface area (Å²) in [6.45, 7) is 0. The van der Waals surface area contributed by atoms with Crippen LogP contribution in [0, 0.1) is 0 Å². The van der Waals surface area contributed by atoms with Crippen LogP contribution in [0.1, 0.15) is 0 Å². The first-order valence-electron chi connectivity index (χ1n) is 16.3. The first-order valence-corrected chi connectivity index (χ1v) is 16.3. The van der Waals surface area contributed by atoms with E-state index in [1.807, 2.05) is 48.7 Å². The largest absolute Gasteiger partial charge is 0.292 e. The van der Waals surface area contributed by atoms with Gasteiger partial charge in [0.2, 0.25) is 0 Å². The molecule has 4 aromatic heterocycles. The summed E-state index contributed by atoms with van der Waals surface area (Å²) < 4.78 is 2.24. The molecule has 0 aliphatic carbocycles. The van der Waals surface area contributed by atoms with E-state index in [9.17, 15) is 0 Å². The summed E-state index contributed by atoms with van der Waals surface area (Å²) in [5.41, 5.74) is 12.8. The molecular formula is C44H29N5. The van der Waals surface area contributed by atoms with Gasteiger partial charge in [0.25, 0.3) is 0 Å². The molecule has 0 unspecified atom stereocenters. The van der Waals surface area contributed by atoms with Gasteiger partial charge < -0.3 is 0 Å². The number of benzene rings is 5. The topological polar surface area (TPSA) is 56.0 Å². The predicted molar refractivity (Wildman–Crippen MR) is 199 cm³/mol. The first-order chi connectivity index (χ1) is 24.3. The predicted octanol–water partition coefficient (Wildman–Crippen LogP) is 10.7. The van der Waals surface area contributed by atoms with Crippen LogP contribution in [-0.4, -0.2) is 24.3 Å². The lowest BCUT2D eigenvalue weighted by molar-refractivity contribution is 1.18. The minimum atomic E-state index is 0.690. The highest BCUT2D eigenvalue weighted by Crippen LogP contribution is 2.36. The molecule has 9 rings (SSSR count). The van der Waals surface area contributed by atoms with E-state index in [0.717, 1.165) is 67.3 Å². The van der Waals surface area contributed by atoms with E-state index in [4.69, 9.17) is 15.0 Å². The molecule has 0 aliphatic heterocycles. The minimum Gasteiger partial charge on any atom is -0.292 e. The average molecular weight is 628 g/mol. The van der Waals surface area contributed by atoms with Gasteiger partial charge in [0.1, 0.15) is 11.3 Å². The van der Waals surface area contributed by atoms with Crippen molar-refractivity contribution >= 4 is 16.6 Å². The molecule has 230 valence electrons. The lowest BCUT2D eigenvalue weighted by Crippen LogP contribution is -1.96. The Labute approximate surface area is 283 Å². The Bertz CT molecular complexity index is 2560. The van der Waals surface area contributed by atoms with Gasteiger partial charge in [0.05, 0.1) is 28.3 Å². The minimum absolute atomic E-state index is 0.690. The van der Waals surface area contributed by atoms with E-state index < -0.39 is 0 Å². The molecule has 0 amide bonds. The Morgan fingerprint density at radius 1 is 0.388 bits per heavy atom. The van der Waals surface area contributed by atoms with Crippen LogP contribution in [0.25, 0.3) is 84.2 Å². The second kappa shape index (κ2) is 12.1. The van der Waals surface area contributed by atoms with Crippen LogP contribution in [0.5, 0.6) is 0 Å². The van der Waals surface area contributed by atoms with Gasteiger partial charge >= 0.3 is 0 Å². The van der Waals surface area contributed by atoms with Crippen LogP contribution < -0.4 is 0 Å². The van der Waals surface area contributed by atoms with Crippen LogP contribution in [-0.2, 0) is 0 Å². The van der Waals surface area contributed by atoms with Gasteiger partial charge in [-0.25, -0.2) is 15.0 Å². The Hall–Kier alpha value is -6.72. The zero-order valence-electron chi connectivity index (χ0n) is 26.5. The summed E-state index contributed by atoms with van der Waals surface area (Å²) in [5, 5.41) is 1.15. The van der Waals surface area contributed by atoms with Crippen LogP contribution in [0.3, 0.4) is 0 Å². The van der Waals surface area contributed by atoms with Crippen molar-refractivity contribution in [2.45, 2.75) is 0 Å². The molecule has 9 aromatic rings. The molecule has 0 fully saturated rings. The molecule has 0 atom stereocenters. The molecule has 0 aliphatic rings. The molecule has 0 radical (unpaired) electrons. The Morgan fingerprint density at radius 3 is 1.63 bits per heavy atom. The SMILES string of the molecule is c1ccc(-c2ccc(-c3cc(-c4ccc(-c5c(-c6ccccn6)nc6ccc7ccccc7n56)cc4)nc(-c4ccccc4)n3)cc2)cc1. The Morgan fingerprint density at radius 2 is 0.959 bits per heavy atom. The maximum Gasteiger partial charge on any atom is 0.160 e. The third-order valence-corrected chi connectivity index (χ3v) is 8.90. The second-order valence-electron chi connectivity index (χ2n) is 12.0. The van der Waals surface area contributed by atoms with E-state index in [2.05, 4.69) is 137 Å². The van der Waals surface area contributed by atoms with E-state index >= 15 is 0 Å². The summed E-state index contributed by atoms with van der Waals surface area (Å²) in [4.78, 5) is 19.9. The third-order valence-electron chi connectivity index (χ3n) is 8.90.